The fourth-order valence-electron chi connectivity index (χ4n) is 2.70. The van der Waals surface area contributed by atoms with Crippen molar-refractivity contribution in [2.45, 2.75) is 30.9 Å². The van der Waals surface area contributed by atoms with E-state index in [0.29, 0.717) is 6.10 Å². The Morgan fingerprint density at radius 3 is 2.59 bits per heavy atom. The monoisotopic (exact) mass is 232 g/mol. The summed E-state index contributed by atoms with van der Waals surface area (Å²) in [5, 5.41) is 0. The Morgan fingerprint density at radius 1 is 1.29 bits per heavy atom. The molecule has 2 aliphatic rings. The van der Waals surface area contributed by atoms with E-state index in [-0.39, 0.29) is 5.54 Å². The van der Waals surface area contributed by atoms with Crippen LogP contribution in [0.5, 0.6) is 5.75 Å². The second-order valence-electron chi connectivity index (χ2n) is 5.47. The number of nitrogens with zero attached hydrogens (tertiary/aromatic N) is 1. The number of rotatable bonds is 3. The minimum Gasteiger partial charge on any atom is -0.487 e. The van der Waals surface area contributed by atoms with Gasteiger partial charge in [0.25, 0.3) is 0 Å². The summed E-state index contributed by atoms with van der Waals surface area (Å²) in [7, 11) is 2.11. The molecule has 17 heavy (non-hydrogen) atoms. The van der Waals surface area contributed by atoms with E-state index in [2.05, 4.69) is 30.1 Å². The third kappa shape index (κ3) is 1.94. The quantitative estimate of drug-likeness (QED) is 0.862. The molecule has 3 nitrogen and oxygen atoms in total. The molecule has 1 aliphatic carbocycles. The van der Waals surface area contributed by atoms with E-state index >= 15 is 0 Å². The average molecular weight is 232 g/mol. The number of likely N-dealkylation sites (tertiary alicyclic amines) is 1. The number of likely N-dealkylation sites (N-methyl/N-ethyl adjacent to an activating group) is 1. The van der Waals surface area contributed by atoms with Crippen LogP contribution < -0.4 is 10.5 Å². The predicted octanol–water partition coefficient (Wildman–Crippen LogP) is 1.72. The van der Waals surface area contributed by atoms with E-state index in [1.54, 1.807) is 0 Å². The van der Waals surface area contributed by atoms with Crippen molar-refractivity contribution >= 4 is 0 Å². The lowest BCUT2D eigenvalue weighted by Gasteiger charge is -2.41. The van der Waals surface area contributed by atoms with Crippen LogP contribution in [0.15, 0.2) is 24.3 Å². The number of hydrogen-bond donors (Lipinski definition) is 1. The lowest BCUT2D eigenvalue weighted by molar-refractivity contribution is 0.0363. The van der Waals surface area contributed by atoms with Gasteiger partial charge in [0.1, 0.15) is 11.9 Å². The highest BCUT2D eigenvalue weighted by Crippen LogP contribution is 2.42. The molecule has 0 bridgehead atoms. The van der Waals surface area contributed by atoms with E-state index in [4.69, 9.17) is 10.5 Å². The molecular weight excluding hydrogens is 212 g/mol. The molecule has 3 heteroatoms. The van der Waals surface area contributed by atoms with Crippen LogP contribution in [0.2, 0.25) is 0 Å². The summed E-state index contributed by atoms with van der Waals surface area (Å²) >= 11 is 0. The van der Waals surface area contributed by atoms with Gasteiger partial charge < -0.3 is 10.5 Å². The maximum Gasteiger partial charge on any atom is 0.124 e. The highest BCUT2D eigenvalue weighted by molar-refractivity contribution is 5.40. The molecule has 0 unspecified atom stereocenters. The Morgan fingerprint density at radius 2 is 2.00 bits per heavy atom. The first-order valence-corrected chi connectivity index (χ1v) is 6.41. The molecule has 92 valence electrons. The zero-order valence-corrected chi connectivity index (χ0v) is 10.4. The molecule has 1 aromatic rings. The first-order chi connectivity index (χ1) is 8.17. The van der Waals surface area contributed by atoms with Gasteiger partial charge in [-0.05, 0) is 32.4 Å². The zero-order chi connectivity index (χ0) is 11.9. The van der Waals surface area contributed by atoms with Crippen LogP contribution in [-0.2, 0) is 5.54 Å². The second-order valence-corrected chi connectivity index (χ2v) is 5.47. The lowest BCUT2D eigenvalue weighted by atomic mass is 9.72. The minimum atomic E-state index is -0.133. The Bertz CT molecular complexity index is 408. The van der Waals surface area contributed by atoms with Gasteiger partial charge in [-0.25, -0.2) is 0 Å². The van der Waals surface area contributed by atoms with Crippen LogP contribution in [0.4, 0.5) is 0 Å². The largest absolute Gasteiger partial charge is 0.487 e. The minimum absolute atomic E-state index is 0.133. The summed E-state index contributed by atoms with van der Waals surface area (Å²) in [6.07, 6.45) is 3.73. The van der Waals surface area contributed by atoms with Gasteiger partial charge in [-0.2, -0.15) is 0 Å². The van der Waals surface area contributed by atoms with Crippen LogP contribution in [-0.4, -0.2) is 31.1 Å². The molecule has 1 saturated heterocycles. The van der Waals surface area contributed by atoms with Crippen molar-refractivity contribution in [1.29, 1.82) is 0 Å². The molecule has 0 radical (unpaired) electrons. The molecule has 2 N–H and O–H groups in total. The first kappa shape index (κ1) is 11.1. The van der Waals surface area contributed by atoms with Gasteiger partial charge in [-0.3, -0.25) is 4.90 Å². The normalized spacial score (nSPS) is 23.9. The molecular formula is C14H20N2O. The standard InChI is InChI=1S/C14H20N2O/c1-16-9-11(10-16)17-13-6-3-2-5-12(13)14(15)7-4-8-14/h2-3,5-6,11H,4,7-10,15H2,1H3. The van der Waals surface area contributed by atoms with E-state index < -0.39 is 0 Å². The molecule has 0 atom stereocenters. The molecule has 0 amide bonds. The summed E-state index contributed by atoms with van der Waals surface area (Å²) in [5.74, 6) is 0.993. The number of nitrogens with two attached hydrogens (primary N) is 1. The van der Waals surface area contributed by atoms with E-state index in [9.17, 15) is 0 Å². The van der Waals surface area contributed by atoms with E-state index in [1.807, 2.05) is 6.07 Å². The molecule has 1 aliphatic heterocycles. The molecule has 1 saturated carbocycles. The van der Waals surface area contributed by atoms with Crippen LogP contribution in [0.3, 0.4) is 0 Å². The molecule has 1 aromatic carbocycles. The molecule has 0 spiro atoms. The van der Waals surface area contributed by atoms with Crippen LogP contribution in [0, 0.1) is 0 Å². The summed E-state index contributed by atoms with van der Waals surface area (Å²) < 4.78 is 6.05. The smallest absolute Gasteiger partial charge is 0.124 e. The van der Waals surface area contributed by atoms with E-state index in [1.165, 1.54) is 12.0 Å². The second kappa shape index (κ2) is 4.00. The molecule has 1 heterocycles. The van der Waals surface area contributed by atoms with Crippen LogP contribution in [0.25, 0.3) is 0 Å². The van der Waals surface area contributed by atoms with Gasteiger partial charge in [-0.1, -0.05) is 18.2 Å². The highest BCUT2D eigenvalue weighted by Gasteiger charge is 2.37. The predicted molar refractivity (Wildman–Crippen MR) is 68.1 cm³/mol. The maximum atomic E-state index is 6.40. The third-order valence-corrected chi connectivity index (χ3v) is 3.99. The maximum absolute atomic E-state index is 6.40. The van der Waals surface area contributed by atoms with Crippen molar-refractivity contribution < 1.29 is 4.74 Å². The van der Waals surface area contributed by atoms with Gasteiger partial charge in [-0.15, -0.1) is 0 Å². The Labute approximate surface area is 103 Å². The van der Waals surface area contributed by atoms with Gasteiger partial charge in [0.2, 0.25) is 0 Å². The fourth-order valence-corrected chi connectivity index (χ4v) is 2.70. The third-order valence-electron chi connectivity index (χ3n) is 3.99. The van der Waals surface area contributed by atoms with Crippen molar-refractivity contribution in [3.63, 3.8) is 0 Å². The lowest BCUT2D eigenvalue weighted by Crippen LogP contribution is -2.52. The Balaban J connectivity index is 1.79. The number of hydrogen-bond acceptors (Lipinski definition) is 3. The average Bonchev–Trinajstić information content (AvgIpc) is 2.25. The number of para-hydroxylation sites is 1. The summed E-state index contributed by atoms with van der Waals surface area (Å²) in [6, 6.07) is 8.27. The van der Waals surface area contributed by atoms with Gasteiger partial charge in [0, 0.05) is 24.2 Å². The topological polar surface area (TPSA) is 38.5 Å². The highest BCUT2D eigenvalue weighted by atomic mass is 16.5. The Kier molecular flexibility index (Phi) is 2.60. The van der Waals surface area contributed by atoms with Crippen molar-refractivity contribution in [3.8, 4) is 5.75 Å². The summed E-state index contributed by atoms with van der Waals surface area (Å²) in [6.45, 7) is 2.04. The van der Waals surface area contributed by atoms with Crippen molar-refractivity contribution in [2.75, 3.05) is 20.1 Å². The van der Waals surface area contributed by atoms with Crippen LogP contribution in [0.1, 0.15) is 24.8 Å². The Hall–Kier alpha value is -1.06. The van der Waals surface area contributed by atoms with Crippen molar-refractivity contribution in [3.05, 3.63) is 29.8 Å². The zero-order valence-electron chi connectivity index (χ0n) is 10.4. The molecule has 2 fully saturated rings. The summed E-state index contributed by atoms with van der Waals surface area (Å²) in [5.41, 5.74) is 7.46. The van der Waals surface area contributed by atoms with Gasteiger partial charge >= 0.3 is 0 Å². The van der Waals surface area contributed by atoms with Crippen LogP contribution >= 0.6 is 0 Å². The van der Waals surface area contributed by atoms with Crippen molar-refractivity contribution in [2.24, 2.45) is 5.73 Å². The van der Waals surface area contributed by atoms with Crippen molar-refractivity contribution in [1.82, 2.24) is 4.90 Å². The fraction of sp³-hybridized carbons (Fsp3) is 0.571. The molecule has 3 rings (SSSR count). The SMILES string of the molecule is CN1CC(Oc2ccccc2C2(N)CCC2)C1. The molecule has 0 aromatic heterocycles. The number of ether oxygens (including phenoxy) is 1. The first-order valence-electron chi connectivity index (χ1n) is 6.41. The van der Waals surface area contributed by atoms with Gasteiger partial charge in [0.15, 0.2) is 0 Å². The number of benzene rings is 1. The summed E-state index contributed by atoms with van der Waals surface area (Å²) in [4.78, 5) is 2.26. The van der Waals surface area contributed by atoms with Gasteiger partial charge in [0.05, 0.1) is 0 Å². The van der Waals surface area contributed by atoms with E-state index in [0.717, 1.165) is 31.7 Å².